The number of nitrogens with zero attached hydrogens (tertiary/aromatic N) is 1. The fourth-order valence-electron chi connectivity index (χ4n) is 3.95. The predicted molar refractivity (Wildman–Crippen MR) is 95.2 cm³/mol. The van der Waals surface area contributed by atoms with Crippen molar-refractivity contribution >= 4 is 48.5 Å². The minimum atomic E-state index is -0.618. The van der Waals surface area contributed by atoms with E-state index in [9.17, 15) is 4.79 Å². The molecular formula is C20H15NOTe. The summed E-state index contributed by atoms with van der Waals surface area (Å²) >= 11 is -0.618. The summed E-state index contributed by atoms with van der Waals surface area (Å²) in [5.74, 6) is 0. The summed E-state index contributed by atoms with van der Waals surface area (Å²) in [5, 5.41) is 2.63. The van der Waals surface area contributed by atoms with Crippen molar-refractivity contribution in [2.75, 3.05) is 0 Å². The van der Waals surface area contributed by atoms with Gasteiger partial charge in [-0.05, 0) is 0 Å². The minimum absolute atomic E-state index is 0.0469. The molecule has 3 heterocycles. The Labute approximate surface area is 144 Å². The van der Waals surface area contributed by atoms with E-state index in [0.717, 1.165) is 9.87 Å². The molecule has 1 aliphatic heterocycles. The van der Waals surface area contributed by atoms with Gasteiger partial charge in [0.05, 0.1) is 0 Å². The molecular weight excluding hydrogens is 398 g/mol. The van der Waals surface area contributed by atoms with E-state index in [4.69, 9.17) is 0 Å². The van der Waals surface area contributed by atoms with Crippen molar-refractivity contribution in [1.29, 1.82) is 0 Å². The third-order valence-electron chi connectivity index (χ3n) is 5.09. The van der Waals surface area contributed by atoms with Gasteiger partial charge in [-0.15, -0.1) is 0 Å². The van der Waals surface area contributed by atoms with Crippen molar-refractivity contribution in [1.82, 2.24) is 4.57 Å². The zero-order valence-corrected chi connectivity index (χ0v) is 15.3. The maximum absolute atomic E-state index is 11.4. The second-order valence-electron chi connectivity index (χ2n) is 6.66. The van der Waals surface area contributed by atoms with Gasteiger partial charge < -0.3 is 0 Å². The van der Waals surface area contributed by atoms with E-state index < -0.39 is 20.4 Å². The predicted octanol–water partition coefficient (Wildman–Crippen LogP) is 4.29. The van der Waals surface area contributed by atoms with Crippen LogP contribution in [0, 0.1) is 0 Å². The van der Waals surface area contributed by atoms with Gasteiger partial charge >= 0.3 is 144 Å². The Morgan fingerprint density at radius 1 is 1.00 bits per heavy atom. The molecule has 0 fully saturated rings. The van der Waals surface area contributed by atoms with E-state index in [1.807, 2.05) is 0 Å². The van der Waals surface area contributed by atoms with Gasteiger partial charge in [-0.2, -0.15) is 0 Å². The first-order valence-electron chi connectivity index (χ1n) is 7.75. The van der Waals surface area contributed by atoms with Gasteiger partial charge in [-0.3, -0.25) is 0 Å². The Morgan fingerprint density at radius 2 is 1.78 bits per heavy atom. The van der Waals surface area contributed by atoms with Crippen molar-refractivity contribution in [2.45, 2.75) is 19.3 Å². The number of carbonyl (C=O) groups is 1. The van der Waals surface area contributed by atoms with Gasteiger partial charge in [0.1, 0.15) is 0 Å². The van der Waals surface area contributed by atoms with Gasteiger partial charge in [-0.1, -0.05) is 0 Å². The maximum atomic E-state index is 11.4. The Bertz CT molecular complexity index is 1110. The normalized spacial score (nSPS) is 15.0. The quantitative estimate of drug-likeness (QED) is 0.337. The van der Waals surface area contributed by atoms with Gasteiger partial charge in [0, 0.05) is 0 Å². The summed E-state index contributed by atoms with van der Waals surface area (Å²) in [6, 6.07) is 17.4. The van der Waals surface area contributed by atoms with Crippen molar-refractivity contribution < 1.29 is 4.79 Å². The summed E-state index contributed by atoms with van der Waals surface area (Å²) in [6.07, 6.45) is 1.06. The van der Waals surface area contributed by atoms with Crippen LogP contribution in [0.1, 0.15) is 33.3 Å². The summed E-state index contributed by atoms with van der Waals surface area (Å²) < 4.78 is 4.84. The third kappa shape index (κ3) is 1.57. The molecule has 0 atom stereocenters. The van der Waals surface area contributed by atoms with E-state index in [0.29, 0.717) is 0 Å². The van der Waals surface area contributed by atoms with Crippen LogP contribution in [-0.2, 0) is 5.41 Å². The number of benzene rings is 2. The van der Waals surface area contributed by atoms with Gasteiger partial charge in [-0.25, -0.2) is 0 Å². The van der Waals surface area contributed by atoms with Crippen molar-refractivity contribution in [3.63, 3.8) is 0 Å². The van der Waals surface area contributed by atoms with Crippen LogP contribution in [0.4, 0.5) is 0 Å². The molecule has 5 rings (SSSR count). The van der Waals surface area contributed by atoms with E-state index in [1.165, 1.54) is 36.6 Å². The van der Waals surface area contributed by atoms with Crippen LogP contribution in [0.2, 0.25) is 0 Å². The second-order valence-corrected chi connectivity index (χ2v) is 9.70. The molecule has 2 aromatic carbocycles. The number of hydrogen-bond donors (Lipinski definition) is 0. The van der Waals surface area contributed by atoms with Gasteiger partial charge in [0.25, 0.3) is 0 Å². The zero-order chi connectivity index (χ0) is 15.8. The van der Waals surface area contributed by atoms with Crippen LogP contribution in [0.25, 0.3) is 25.5 Å². The molecule has 2 nitrogen and oxygen atoms in total. The van der Waals surface area contributed by atoms with E-state index >= 15 is 0 Å². The summed E-state index contributed by atoms with van der Waals surface area (Å²) in [7, 11) is 0. The second kappa shape index (κ2) is 4.38. The van der Waals surface area contributed by atoms with Gasteiger partial charge in [0.2, 0.25) is 0 Å². The summed E-state index contributed by atoms with van der Waals surface area (Å²) in [5.41, 5.74) is 5.25. The number of fused-ring (bicyclic) bond motifs is 5. The third-order valence-corrected chi connectivity index (χ3v) is 8.08. The van der Waals surface area contributed by atoms with Crippen molar-refractivity contribution in [2.24, 2.45) is 0 Å². The number of para-hydroxylation sites is 2. The van der Waals surface area contributed by atoms with Crippen LogP contribution < -0.4 is 0 Å². The van der Waals surface area contributed by atoms with Crippen molar-refractivity contribution in [3.8, 4) is 3.70 Å². The fraction of sp³-hybridized carbons (Fsp3) is 0.150. The van der Waals surface area contributed by atoms with Crippen LogP contribution in [0.3, 0.4) is 0 Å². The molecule has 0 spiro atoms. The van der Waals surface area contributed by atoms with Crippen LogP contribution in [0.15, 0.2) is 48.5 Å². The number of hydrogen-bond acceptors (Lipinski definition) is 1. The number of aldehydes is 1. The first kappa shape index (κ1) is 13.6. The molecule has 0 saturated heterocycles. The average molecular weight is 413 g/mol. The Morgan fingerprint density at radius 3 is 2.61 bits per heavy atom. The monoisotopic (exact) mass is 415 g/mol. The molecule has 0 unspecified atom stereocenters. The summed E-state index contributed by atoms with van der Waals surface area (Å²) in [4.78, 5) is 11.4. The molecule has 0 amide bonds. The Balaban J connectivity index is 2.10. The molecule has 0 bridgehead atoms. The van der Waals surface area contributed by atoms with E-state index in [2.05, 4.69) is 66.9 Å². The molecule has 0 saturated carbocycles. The standard InChI is InChI=1S/C20H15NOTe/c1-20(2)15-8-5-7-14-13-6-3-4-9-17(13)21(18(14)15)19-16(20)10-12(11-22)23-19/h3-11H,1-2H3. The zero-order valence-electron chi connectivity index (χ0n) is 13.0. The molecule has 0 radical (unpaired) electrons. The molecule has 4 aromatic rings. The van der Waals surface area contributed by atoms with Crippen molar-refractivity contribution in [3.05, 3.63) is 63.2 Å². The van der Waals surface area contributed by atoms with Crippen LogP contribution in [-0.4, -0.2) is 31.3 Å². The molecule has 3 heteroatoms. The molecule has 0 N–H and O–H groups in total. The molecule has 2 aromatic heterocycles. The first-order chi connectivity index (χ1) is 11.1. The SMILES string of the molecule is CC1(C)c2cc(C=O)[te]c2-n2c3ccccc3c3cccc1c32. The molecule has 112 valence electrons. The number of aromatic nitrogens is 1. The van der Waals surface area contributed by atoms with E-state index in [-0.39, 0.29) is 5.41 Å². The number of rotatable bonds is 1. The van der Waals surface area contributed by atoms with Gasteiger partial charge in [0.15, 0.2) is 0 Å². The van der Waals surface area contributed by atoms with Crippen LogP contribution in [0.5, 0.6) is 0 Å². The molecule has 0 aliphatic carbocycles. The topological polar surface area (TPSA) is 22.0 Å². The first-order valence-corrected chi connectivity index (χ1v) is 10.1. The Hall–Kier alpha value is -1.82. The average Bonchev–Trinajstić information content (AvgIpc) is 3.13. The van der Waals surface area contributed by atoms with E-state index in [1.54, 1.807) is 0 Å². The molecule has 1 aliphatic rings. The Kier molecular flexibility index (Phi) is 2.59. The van der Waals surface area contributed by atoms with Crippen LogP contribution >= 0.6 is 0 Å². The number of carbonyl (C=O) groups excluding carboxylic acids is 1. The summed E-state index contributed by atoms with van der Waals surface area (Å²) in [6.45, 7) is 4.57. The fourth-order valence-corrected chi connectivity index (χ4v) is 7.24. The molecule has 23 heavy (non-hydrogen) atoms.